The van der Waals surface area contributed by atoms with Gasteiger partial charge in [-0.05, 0) is 110 Å². The fourth-order valence-corrected chi connectivity index (χ4v) is 11.2. The van der Waals surface area contributed by atoms with Crippen LogP contribution in [0.3, 0.4) is 0 Å². The lowest BCUT2D eigenvalue weighted by molar-refractivity contribution is -0.216. The summed E-state index contributed by atoms with van der Waals surface area (Å²) in [6.45, 7) is 18.7. The van der Waals surface area contributed by atoms with Gasteiger partial charge in [0.25, 0.3) is 0 Å². The summed E-state index contributed by atoms with van der Waals surface area (Å²) < 4.78 is 11.6. The Bertz CT molecular complexity index is 981. The van der Waals surface area contributed by atoms with Crippen molar-refractivity contribution in [2.45, 2.75) is 126 Å². The number of rotatable bonds is 4. The molecule has 0 heterocycles. The maximum atomic E-state index is 11.9. The Morgan fingerprint density at radius 3 is 2.27 bits per heavy atom. The second-order valence-corrected chi connectivity index (χ2v) is 14.9. The van der Waals surface area contributed by atoms with Crippen molar-refractivity contribution in [3.8, 4) is 0 Å². The Hall–Kier alpha value is -1.32. The molecule has 0 aromatic heterocycles. The highest BCUT2D eigenvalue weighted by molar-refractivity contribution is 5.66. The largest absolute Gasteiger partial charge is 0.465 e. The highest BCUT2D eigenvalue weighted by Crippen LogP contribution is 2.76. The van der Waals surface area contributed by atoms with Crippen LogP contribution in [0.4, 0.5) is 0 Å². The van der Waals surface area contributed by atoms with E-state index in [9.17, 15) is 9.59 Å². The van der Waals surface area contributed by atoms with Gasteiger partial charge in [0.15, 0.2) is 0 Å². The molecule has 0 saturated heterocycles. The summed E-state index contributed by atoms with van der Waals surface area (Å²) >= 11 is 0. The molecule has 0 amide bonds. The van der Waals surface area contributed by atoms with Crippen molar-refractivity contribution in [3.63, 3.8) is 0 Å². The molecule has 0 N–H and O–H groups in total. The number of fused-ring (bicyclic) bond motifs is 7. The molecule has 0 spiro atoms. The Morgan fingerprint density at radius 2 is 1.62 bits per heavy atom. The molecular weight excluding hydrogens is 460 g/mol. The maximum absolute atomic E-state index is 11.9. The third-order valence-electron chi connectivity index (χ3n) is 13.2. The van der Waals surface area contributed by atoms with Crippen molar-refractivity contribution in [2.75, 3.05) is 6.61 Å². The van der Waals surface area contributed by atoms with Gasteiger partial charge in [0.1, 0.15) is 12.7 Å². The van der Waals surface area contributed by atoms with E-state index >= 15 is 0 Å². The molecule has 4 nitrogen and oxygen atoms in total. The number of allylic oxidation sites excluding steroid dienone is 1. The average Bonchev–Trinajstić information content (AvgIpc) is 3.20. The van der Waals surface area contributed by atoms with E-state index < -0.39 is 0 Å². The van der Waals surface area contributed by atoms with Crippen LogP contribution in [0.1, 0.15) is 120 Å². The summed E-state index contributed by atoms with van der Waals surface area (Å²) in [6, 6.07) is 0. The van der Waals surface area contributed by atoms with Gasteiger partial charge in [0.05, 0.1) is 0 Å². The van der Waals surface area contributed by atoms with E-state index in [1.54, 1.807) is 25.0 Å². The molecule has 9 atom stereocenters. The van der Waals surface area contributed by atoms with E-state index in [4.69, 9.17) is 9.47 Å². The molecule has 5 aliphatic carbocycles. The van der Waals surface area contributed by atoms with Crippen LogP contribution < -0.4 is 0 Å². The molecule has 0 aliphatic heterocycles. The van der Waals surface area contributed by atoms with Crippen LogP contribution in [0, 0.1) is 51.2 Å². The van der Waals surface area contributed by atoms with Gasteiger partial charge < -0.3 is 9.47 Å². The molecule has 5 rings (SSSR count). The number of esters is 2. The van der Waals surface area contributed by atoms with Crippen LogP contribution >= 0.6 is 0 Å². The van der Waals surface area contributed by atoms with Gasteiger partial charge in [0, 0.05) is 19.3 Å². The van der Waals surface area contributed by atoms with Crippen molar-refractivity contribution in [3.05, 3.63) is 11.1 Å². The maximum Gasteiger partial charge on any atom is 0.302 e. The number of hydrogen-bond donors (Lipinski definition) is 0. The molecule has 4 heteroatoms. The van der Waals surface area contributed by atoms with E-state index in [-0.39, 0.29) is 28.9 Å². The fourth-order valence-electron chi connectivity index (χ4n) is 11.2. The third-order valence-corrected chi connectivity index (χ3v) is 13.2. The summed E-state index contributed by atoms with van der Waals surface area (Å²) in [6.07, 6.45) is 12.1. The van der Waals surface area contributed by atoms with Gasteiger partial charge in [-0.1, -0.05) is 52.7 Å². The standard InChI is InChI=1S/C33H52O4/c1-20(2)24-11-16-33(19-36-22(4)34)18-17-31(7)26(29(24)33)9-10-28-30(6)14-13-27(37-23(5)35)21(3)25(30)12-15-32(28,31)8/h20-21,25-28H,9-19H2,1-8H3/t21-,25+,26-,27+,28-,30+,31-,32-,33-/m1/s1. The zero-order chi connectivity index (χ0) is 27.0. The first-order valence-corrected chi connectivity index (χ1v) is 15.3. The molecule has 0 radical (unpaired) electrons. The normalized spacial score (nSPS) is 47.0. The van der Waals surface area contributed by atoms with Crippen LogP contribution in [-0.4, -0.2) is 24.6 Å². The van der Waals surface area contributed by atoms with Crippen LogP contribution in [0.15, 0.2) is 11.1 Å². The summed E-state index contributed by atoms with van der Waals surface area (Å²) in [5, 5.41) is 0. The average molecular weight is 513 g/mol. The SMILES string of the molecule is CC(=O)OC[C@]12CCC(C(C)C)=C1[C@H]1CC[C@@H]3[C@@]4(C)CC[C@H](OC(C)=O)[C@H](C)[C@@H]4CC[C@@]3(C)[C@]1(C)CC2. The minimum absolute atomic E-state index is 0.0658. The Kier molecular flexibility index (Phi) is 6.72. The fraction of sp³-hybridized carbons (Fsp3) is 0.879. The Balaban J connectivity index is 1.50. The summed E-state index contributed by atoms with van der Waals surface area (Å²) in [4.78, 5) is 23.7. The summed E-state index contributed by atoms with van der Waals surface area (Å²) in [5.41, 5.74) is 4.36. The van der Waals surface area contributed by atoms with E-state index in [0.29, 0.717) is 47.0 Å². The number of ether oxygens (including phenoxy) is 2. The zero-order valence-electron chi connectivity index (χ0n) is 24.9. The molecule has 37 heavy (non-hydrogen) atoms. The molecule has 4 fully saturated rings. The lowest BCUT2D eigenvalue weighted by Crippen LogP contribution is -2.64. The van der Waals surface area contributed by atoms with E-state index in [0.717, 1.165) is 19.3 Å². The smallest absolute Gasteiger partial charge is 0.302 e. The number of hydrogen-bond acceptors (Lipinski definition) is 4. The molecule has 0 unspecified atom stereocenters. The Labute approximate surface area is 225 Å². The van der Waals surface area contributed by atoms with Gasteiger partial charge in [-0.25, -0.2) is 0 Å². The zero-order valence-corrected chi connectivity index (χ0v) is 24.9. The van der Waals surface area contributed by atoms with Gasteiger partial charge in [-0.15, -0.1) is 0 Å². The first-order valence-electron chi connectivity index (χ1n) is 15.3. The van der Waals surface area contributed by atoms with E-state index in [1.807, 2.05) is 0 Å². The first kappa shape index (κ1) is 27.3. The first-order chi connectivity index (χ1) is 17.3. The second kappa shape index (κ2) is 9.12. The van der Waals surface area contributed by atoms with Crippen molar-refractivity contribution < 1.29 is 19.1 Å². The monoisotopic (exact) mass is 512 g/mol. The molecule has 0 aromatic rings. The lowest BCUT2D eigenvalue weighted by Gasteiger charge is -2.71. The van der Waals surface area contributed by atoms with Gasteiger partial charge in [-0.3, -0.25) is 9.59 Å². The highest BCUT2D eigenvalue weighted by Gasteiger charge is 2.68. The molecule has 208 valence electrons. The minimum Gasteiger partial charge on any atom is -0.465 e. The highest BCUT2D eigenvalue weighted by atomic mass is 16.5. The predicted octanol–water partition coefficient (Wildman–Crippen LogP) is 7.89. The number of carbonyl (C=O) groups is 2. The lowest BCUT2D eigenvalue weighted by atomic mass is 9.34. The molecule has 0 bridgehead atoms. The summed E-state index contributed by atoms with van der Waals surface area (Å²) in [5.74, 6) is 2.68. The minimum atomic E-state index is -0.138. The van der Waals surface area contributed by atoms with Crippen molar-refractivity contribution in [2.24, 2.45) is 51.2 Å². The van der Waals surface area contributed by atoms with Crippen LogP contribution in [0.5, 0.6) is 0 Å². The van der Waals surface area contributed by atoms with Crippen LogP contribution in [-0.2, 0) is 19.1 Å². The van der Waals surface area contributed by atoms with Gasteiger partial charge in [0.2, 0.25) is 0 Å². The Morgan fingerprint density at radius 1 is 0.892 bits per heavy atom. The van der Waals surface area contributed by atoms with Crippen molar-refractivity contribution in [1.82, 2.24) is 0 Å². The van der Waals surface area contributed by atoms with Crippen molar-refractivity contribution >= 4 is 11.9 Å². The quantitative estimate of drug-likeness (QED) is 0.284. The topological polar surface area (TPSA) is 52.6 Å². The summed E-state index contributed by atoms with van der Waals surface area (Å²) in [7, 11) is 0. The van der Waals surface area contributed by atoms with Crippen LogP contribution in [0.25, 0.3) is 0 Å². The number of carbonyl (C=O) groups excluding carboxylic acids is 2. The molecule has 4 saturated carbocycles. The van der Waals surface area contributed by atoms with Gasteiger partial charge >= 0.3 is 11.9 Å². The van der Waals surface area contributed by atoms with Crippen LogP contribution in [0.2, 0.25) is 0 Å². The predicted molar refractivity (Wildman–Crippen MR) is 147 cm³/mol. The third kappa shape index (κ3) is 3.88. The van der Waals surface area contributed by atoms with Gasteiger partial charge in [-0.2, -0.15) is 0 Å². The molecule has 0 aromatic carbocycles. The molecular formula is C33H52O4. The van der Waals surface area contributed by atoms with E-state index in [2.05, 4.69) is 41.5 Å². The second-order valence-electron chi connectivity index (χ2n) is 14.9. The van der Waals surface area contributed by atoms with E-state index in [1.165, 1.54) is 44.9 Å². The van der Waals surface area contributed by atoms with Crippen molar-refractivity contribution in [1.29, 1.82) is 0 Å². The molecule has 5 aliphatic rings.